The molecule has 0 N–H and O–H groups in total. The number of benzene rings is 1. The lowest BCUT2D eigenvalue weighted by Gasteiger charge is -2.38. The number of carbonyl (C=O) groups is 1. The number of halogens is 1. The second kappa shape index (κ2) is 9.04. The van der Waals surface area contributed by atoms with Crippen molar-refractivity contribution in [3.63, 3.8) is 0 Å². The van der Waals surface area contributed by atoms with E-state index in [0.29, 0.717) is 12.0 Å². The highest BCUT2D eigenvalue weighted by atomic mass is 79.9. The third kappa shape index (κ3) is 5.86. The van der Waals surface area contributed by atoms with E-state index in [-0.39, 0.29) is 6.09 Å². The van der Waals surface area contributed by atoms with Crippen molar-refractivity contribution in [3.8, 4) is 0 Å². The third-order valence-corrected chi connectivity index (χ3v) is 6.29. The number of piperidine rings is 1. The van der Waals surface area contributed by atoms with E-state index in [0.717, 1.165) is 50.0 Å². The van der Waals surface area contributed by atoms with Gasteiger partial charge in [-0.2, -0.15) is 0 Å². The number of rotatable bonds is 4. The molecule has 0 saturated carbocycles. The molecule has 3 rings (SSSR count). The lowest BCUT2D eigenvalue weighted by Crippen LogP contribution is -2.48. The summed E-state index contributed by atoms with van der Waals surface area (Å²) in [5.41, 5.74) is 0.896. The molecule has 156 valence electrons. The van der Waals surface area contributed by atoms with Gasteiger partial charge in [0.2, 0.25) is 0 Å². The van der Waals surface area contributed by atoms with E-state index in [1.807, 2.05) is 25.7 Å². The fraction of sp³-hybridized carbons (Fsp3) is 0.682. The van der Waals surface area contributed by atoms with Crippen LogP contribution in [0, 0.1) is 5.92 Å². The third-order valence-electron chi connectivity index (χ3n) is 5.76. The molecule has 1 aromatic carbocycles. The summed E-state index contributed by atoms with van der Waals surface area (Å²) in [5, 5.41) is 0. The van der Waals surface area contributed by atoms with Gasteiger partial charge in [-0.05, 0) is 77.3 Å². The van der Waals surface area contributed by atoms with E-state index in [1.165, 1.54) is 12.1 Å². The van der Waals surface area contributed by atoms with Crippen LogP contribution in [0.5, 0.6) is 0 Å². The molecule has 0 aliphatic carbocycles. The van der Waals surface area contributed by atoms with Gasteiger partial charge in [-0.25, -0.2) is 4.79 Å². The van der Waals surface area contributed by atoms with Crippen LogP contribution in [0.2, 0.25) is 0 Å². The molecule has 1 unspecified atom stereocenters. The number of amides is 1. The summed E-state index contributed by atoms with van der Waals surface area (Å²) in [7, 11) is 2.25. The van der Waals surface area contributed by atoms with Gasteiger partial charge < -0.3 is 19.4 Å². The van der Waals surface area contributed by atoms with Crippen LogP contribution in [0.3, 0.4) is 0 Å². The lowest BCUT2D eigenvalue weighted by molar-refractivity contribution is 0.0151. The first-order valence-corrected chi connectivity index (χ1v) is 11.2. The lowest BCUT2D eigenvalue weighted by atomic mass is 10.0. The number of nitrogens with zero attached hydrogens (tertiary/aromatic N) is 3. The van der Waals surface area contributed by atoms with Gasteiger partial charge in [-0.1, -0.05) is 15.9 Å². The van der Waals surface area contributed by atoms with Crippen LogP contribution in [-0.2, 0) is 4.74 Å². The molecule has 1 aromatic rings. The van der Waals surface area contributed by atoms with Crippen molar-refractivity contribution in [1.29, 1.82) is 0 Å². The zero-order valence-electron chi connectivity index (χ0n) is 17.7. The molecule has 0 radical (unpaired) electrons. The fourth-order valence-electron chi connectivity index (χ4n) is 4.24. The van der Waals surface area contributed by atoms with E-state index in [2.05, 4.69) is 57.0 Å². The molecule has 0 spiro atoms. The summed E-state index contributed by atoms with van der Waals surface area (Å²) >= 11 is 3.51. The van der Waals surface area contributed by atoms with Gasteiger partial charge in [0.15, 0.2) is 0 Å². The van der Waals surface area contributed by atoms with Crippen LogP contribution in [0.25, 0.3) is 0 Å². The Hall–Kier alpha value is -1.27. The number of anilines is 1. The highest BCUT2D eigenvalue weighted by Gasteiger charge is 2.30. The van der Waals surface area contributed by atoms with Gasteiger partial charge in [0.1, 0.15) is 5.60 Å². The van der Waals surface area contributed by atoms with Gasteiger partial charge in [0, 0.05) is 48.9 Å². The van der Waals surface area contributed by atoms with E-state index >= 15 is 0 Å². The first-order valence-electron chi connectivity index (χ1n) is 10.4. The maximum absolute atomic E-state index is 12.2. The van der Waals surface area contributed by atoms with Crippen molar-refractivity contribution in [3.05, 3.63) is 28.7 Å². The molecule has 2 aliphatic rings. The predicted molar refractivity (Wildman–Crippen MR) is 118 cm³/mol. The minimum atomic E-state index is -0.423. The van der Waals surface area contributed by atoms with E-state index in [4.69, 9.17) is 4.74 Å². The average molecular weight is 452 g/mol. The van der Waals surface area contributed by atoms with Gasteiger partial charge in [0.25, 0.3) is 0 Å². The van der Waals surface area contributed by atoms with Gasteiger partial charge in [-0.15, -0.1) is 0 Å². The largest absolute Gasteiger partial charge is 0.444 e. The molecular formula is C22H34BrN3O2. The molecule has 0 bridgehead atoms. The van der Waals surface area contributed by atoms with E-state index in [9.17, 15) is 4.79 Å². The Balaban J connectivity index is 1.43. The smallest absolute Gasteiger partial charge is 0.410 e. The topological polar surface area (TPSA) is 36.0 Å². The van der Waals surface area contributed by atoms with Crippen LogP contribution in [0.1, 0.15) is 40.0 Å². The summed E-state index contributed by atoms with van der Waals surface area (Å²) in [4.78, 5) is 19.1. The number of likely N-dealkylation sites (tertiary alicyclic amines) is 1. The van der Waals surface area contributed by atoms with Gasteiger partial charge >= 0.3 is 6.09 Å². The molecular weight excluding hydrogens is 418 g/mol. The Morgan fingerprint density at radius 2 is 1.79 bits per heavy atom. The summed E-state index contributed by atoms with van der Waals surface area (Å²) in [6.45, 7) is 10.7. The molecule has 0 aromatic heterocycles. The standard InChI is InChI=1S/C22H34BrN3O2/c1-22(2,3)28-21(27)25-13-10-19(11-14-25)24(4)15-17-9-12-26(16-17)20-7-5-18(23)6-8-20/h5-8,17,19H,9-16H2,1-4H3. The first kappa shape index (κ1) is 21.4. The summed E-state index contributed by atoms with van der Waals surface area (Å²) in [5.74, 6) is 0.706. The second-order valence-electron chi connectivity index (χ2n) is 9.22. The molecule has 1 amide bonds. The maximum Gasteiger partial charge on any atom is 0.410 e. The Bertz CT molecular complexity index is 651. The number of carbonyl (C=O) groups excluding carboxylic acids is 1. The Morgan fingerprint density at radius 1 is 1.14 bits per heavy atom. The van der Waals surface area contributed by atoms with Crippen LogP contribution < -0.4 is 4.90 Å². The number of hydrogen-bond donors (Lipinski definition) is 0. The van der Waals surface area contributed by atoms with E-state index < -0.39 is 5.60 Å². The van der Waals surface area contributed by atoms with Crippen LogP contribution in [0.15, 0.2) is 28.7 Å². The SMILES string of the molecule is CN(CC1CCN(c2ccc(Br)cc2)C1)C1CCN(C(=O)OC(C)(C)C)CC1. The zero-order chi connectivity index (χ0) is 20.3. The monoisotopic (exact) mass is 451 g/mol. The summed E-state index contributed by atoms with van der Waals surface area (Å²) < 4.78 is 6.64. The van der Waals surface area contributed by atoms with E-state index in [1.54, 1.807) is 0 Å². The van der Waals surface area contributed by atoms with Crippen molar-refractivity contribution in [2.45, 2.75) is 51.7 Å². The zero-order valence-corrected chi connectivity index (χ0v) is 19.2. The highest BCUT2D eigenvalue weighted by Crippen LogP contribution is 2.27. The molecule has 6 heteroatoms. The normalized spacial score (nSPS) is 21.4. The van der Waals surface area contributed by atoms with Crippen molar-refractivity contribution >= 4 is 27.7 Å². The highest BCUT2D eigenvalue weighted by molar-refractivity contribution is 9.10. The number of ether oxygens (including phenoxy) is 1. The molecule has 28 heavy (non-hydrogen) atoms. The quantitative estimate of drug-likeness (QED) is 0.669. The molecule has 2 aliphatic heterocycles. The molecule has 2 saturated heterocycles. The summed E-state index contributed by atoms with van der Waals surface area (Å²) in [6, 6.07) is 9.19. The Kier molecular flexibility index (Phi) is 6.92. The Labute approximate surface area is 178 Å². The first-order chi connectivity index (χ1) is 13.2. The van der Waals surface area contributed by atoms with Crippen LogP contribution >= 0.6 is 15.9 Å². The van der Waals surface area contributed by atoms with Crippen LogP contribution in [-0.4, -0.2) is 67.3 Å². The van der Waals surface area contributed by atoms with Gasteiger partial charge in [0.05, 0.1) is 0 Å². The van der Waals surface area contributed by atoms with Crippen LogP contribution in [0.4, 0.5) is 10.5 Å². The fourth-order valence-corrected chi connectivity index (χ4v) is 4.50. The number of hydrogen-bond acceptors (Lipinski definition) is 4. The maximum atomic E-state index is 12.2. The van der Waals surface area contributed by atoms with Crippen molar-refractivity contribution in [2.24, 2.45) is 5.92 Å². The minimum Gasteiger partial charge on any atom is -0.444 e. The average Bonchev–Trinajstić information content (AvgIpc) is 3.09. The van der Waals surface area contributed by atoms with Crippen molar-refractivity contribution in [2.75, 3.05) is 44.7 Å². The Morgan fingerprint density at radius 3 is 2.39 bits per heavy atom. The molecule has 5 nitrogen and oxygen atoms in total. The molecule has 2 heterocycles. The molecule has 2 fully saturated rings. The van der Waals surface area contributed by atoms with Gasteiger partial charge in [-0.3, -0.25) is 0 Å². The van der Waals surface area contributed by atoms with Crippen molar-refractivity contribution in [1.82, 2.24) is 9.80 Å². The summed E-state index contributed by atoms with van der Waals surface area (Å²) in [6.07, 6.45) is 3.13. The minimum absolute atomic E-state index is 0.172. The molecule has 1 atom stereocenters. The predicted octanol–water partition coefficient (Wildman–Crippen LogP) is 4.61. The van der Waals surface area contributed by atoms with Crippen molar-refractivity contribution < 1.29 is 9.53 Å². The second-order valence-corrected chi connectivity index (χ2v) is 10.1.